The Morgan fingerprint density at radius 1 is 0.541 bits per heavy atom. The van der Waals surface area contributed by atoms with E-state index in [-0.39, 0.29) is 0 Å². The summed E-state index contributed by atoms with van der Waals surface area (Å²) in [5.74, 6) is 0. The van der Waals surface area contributed by atoms with Crippen LogP contribution in [0, 0.1) is 41.5 Å². The predicted molar refractivity (Wildman–Crippen MR) is 164 cm³/mol. The summed E-state index contributed by atoms with van der Waals surface area (Å²) >= 11 is 0. The fourth-order valence-corrected chi connectivity index (χ4v) is 12.5. The summed E-state index contributed by atoms with van der Waals surface area (Å²) in [6.07, 6.45) is 8.21. The average molecular weight is 499 g/mol. The molecule has 0 aliphatic heterocycles. The van der Waals surface area contributed by atoms with Crippen LogP contribution in [-0.4, -0.2) is 8.07 Å². The zero-order valence-electron chi connectivity index (χ0n) is 23.1. The molecule has 1 atom stereocenters. The Morgan fingerprint density at radius 3 is 1.35 bits per heavy atom. The minimum absolute atomic E-state index is 0.344. The van der Waals surface area contributed by atoms with E-state index in [9.17, 15) is 0 Å². The zero-order valence-corrected chi connectivity index (χ0v) is 24.1. The number of rotatable bonds is 6. The van der Waals surface area contributed by atoms with Crippen LogP contribution in [0.4, 0.5) is 0 Å². The first-order valence-electron chi connectivity index (χ1n) is 13.4. The minimum Gasteiger partial charge on any atom is -0.0790 e. The summed E-state index contributed by atoms with van der Waals surface area (Å²) in [5.41, 5.74) is 11.3. The lowest BCUT2D eigenvalue weighted by Gasteiger charge is -2.41. The van der Waals surface area contributed by atoms with Crippen LogP contribution < -0.4 is 15.6 Å². The lowest BCUT2D eigenvalue weighted by Crippen LogP contribution is -2.70. The Balaban J connectivity index is 1.87. The number of allylic oxidation sites excluding steroid dienone is 4. The molecule has 5 rings (SSSR count). The smallest absolute Gasteiger partial charge is 0.0790 e. The van der Waals surface area contributed by atoms with Crippen LogP contribution in [0.1, 0.15) is 38.9 Å². The highest BCUT2D eigenvalue weighted by Crippen LogP contribution is 2.38. The largest absolute Gasteiger partial charge is 0.159 e. The number of aryl methyl sites for hydroxylation is 6. The molecule has 0 amide bonds. The second-order valence-corrected chi connectivity index (χ2v) is 15.2. The molecule has 0 N–H and O–H groups in total. The second kappa shape index (κ2) is 10.1. The maximum absolute atomic E-state index is 2.55. The molecular formula is C36H38Si. The van der Waals surface area contributed by atoms with Crippen LogP contribution in [0.25, 0.3) is 0 Å². The van der Waals surface area contributed by atoms with E-state index in [1.54, 1.807) is 0 Å². The van der Waals surface area contributed by atoms with E-state index < -0.39 is 8.07 Å². The summed E-state index contributed by atoms with van der Waals surface area (Å²) in [6.45, 7) is 13.5. The highest BCUT2D eigenvalue weighted by molar-refractivity contribution is 7.13. The molecule has 1 aliphatic carbocycles. The van der Waals surface area contributed by atoms with E-state index in [1.165, 1.54) is 60.1 Å². The van der Waals surface area contributed by atoms with Crippen molar-refractivity contribution in [1.29, 1.82) is 0 Å². The minimum atomic E-state index is -2.55. The van der Waals surface area contributed by atoms with Crippen molar-refractivity contribution in [2.24, 2.45) is 0 Å². The van der Waals surface area contributed by atoms with Crippen LogP contribution >= 0.6 is 0 Å². The van der Waals surface area contributed by atoms with Crippen LogP contribution in [0.5, 0.6) is 0 Å². The van der Waals surface area contributed by atoms with Gasteiger partial charge in [0.1, 0.15) is 0 Å². The third-order valence-corrected chi connectivity index (χ3v) is 12.9. The van der Waals surface area contributed by atoms with E-state index in [2.05, 4.69) is 145 Å². The monoisotopic (exact) mass is 498 g/mol. The highest BCUT2D eigenvalue weighted by atomic mass is 28.3. The van der Waals surface area contributed by atoms with Gasteiger partial charge in [-0.3, -0.25) is 0 Å². The van der Waals surface area contributed by atoms with Gasteiger partial charge >= 0.3 is 0 Å². The Bertz CT molecular complexity index is 1320. The SMILES string of the molecule is Cc1cc(C)cc([Si](c2cc(C)cc(C)c2)(c2cc(C)cc(C)c2)C2C=CC=C2Cc2ccccc2)c1. The van der Waals surface area contributed by atoms with Crippen molar-refractivity contribution in [3.8, 4) is 0 Å². The number of hydrogen-bond donors (Lipinski definition) is 0. The van der Waals surface area contributed by atoms with Crippen molar-refractivity contribution in [3.05, 3.63) is 148 Å². The van der Waals surface area contributed by atoms with Crippen molar-refractivity contribution in [3.63, 3.8) is 0 Å². The van der Waals surface area contributed by atoms with Gasteiger partial charge in [-0.05, 0) is 69.1 Å². The molecule has 0 heterocycles. The second-order valence-electron chi connectivity index (χ2n) is 11.2. The first-order chi connectivity index (χ1) is 17.8. The summed E-state index contributed by atoms with van der Waals surface area (Å²) in [7, 11) is -2.55. The molecule has 0 aromatic heterocycles. The van der Waals surface area contributed by atoms with E-state index in [0.717, 1.165) is 6.42 Å². The topological polar surface area (TPSA) is 0 Å². The van der Waals surface area contributed by atoms with Gasteiger partial charge in [0.2, 0.25) is 0 Å². The first kappa shape index (κ1) is 25.2. The lowest BCUT2D eigenvalue weighted by atomic mass is 10.0. The molecule has 0 saturated carbocycles. The van der Waals surface area contributed by atoms with E-state index in [0.29, 0.717) is 5.54 Å². The van der Waals surface area contributed by atoms with E-state index in [1.807, 2.05) is 0 Å². The Morgan fingerprint density at radius 2 is 0.946 bits per heavy atom. The first-order valence-corrected chi connectivity index (χ1v) is 15.5. The van der Waals surface area contributed by atoms with Gasteiger partial charge in [0, 0.05) is 5.54 Å². The van der Waals surface area contributed by atoms with Gasteiger partial charge < -0.3 is 0 Å². The molecular weight excluding hydrogens is 460 g/mol. The molecule has 4 aromatic carbocycles. The molecule has 0 spiro atoms. The number of hydrogen-bond acceptors (Lipinski definition) is 0. The summed E-state index contributed by atoms with van der Waals surface area (Å²) in [4.78, 5) is 0. The average Bonchev–Trinajstić information content (AvgIpc) is 3.27. The summed E-state index contributed by atoms with van der Waals surface area (Å²) < 4.78 is 0. The van der Waals surface area contributed by atoms with Crippen molar-refractivity contribution in [1.82, 2.24) is 0 Å². The molecule has 37 heavy (non-hydrogen) atoms. The van der Waals surface area contributed by atoms with Crippen LogP contribution in [0.15, 0.2) is 109 Å². The predicted octanol–water partition coefficient (Wildman–Crippen LogP) is 7.12. The quantitative estimate of drug-likeness (QED) is 0.196. The zero-order chi connectivity index (χ0) is 26.2. The van der Waals surface area contributed by atoms with Gasteiger partial charge in [0.25, 0.3) is 0 Å². The Labute approximate surface area is 224 Å². The van der Waals surface area contributed by atoms with Gasteiger partial charge in [-0.15, -0.1) is 0 Å². The third kappa shape index (κ3) is 4.93. The number of benzene rings is 4. The Hall–Kier alpha value is -3.42. The maximum Gasteiger partial charge on any atom is 0.159 e. The maximum atomic E-state index is 2.51. The molecule has 1 heteroatoms. The van der Waals surface area contributed by atoms with Crippen molar-refractivity contribution in [2.45, 2.75) is 53.5 Å². The van der Waals surface area contributed by atoms with Crippen LogP contribution in [-0.2, 0) is 6.42 Å². The third-order valence-electron chi connectivity index (χ3n) is 7.76. The summed E-state index contributed by atoms with van der Waals surface area (Å²) in [5, 5.41) is 4.53. The van der Waals surface area contributed by atoms with Gasteiger partial charge in [-0.25, -0.2) is 0 Å². The Kier molecular flexibility index (Phi) is 6.92. The van der Waals surface area contributed by atoms with E-state index >= 15 is 0 Å². The fraction of sp³-hybridized carbons (Fsp3) is 0.222. The van der Waals surface area contributed by atoms with Crippen molar-refractivity contribution < 1.29 is 0 Å². The highest BCUT2D eigenvalue weighted by Gasteiger charge is 2.48. The fourth-order valence-electron chi connectivity index (χ4n) is 6.59. The molecule has 0 saturated heterocycles. The van der Waals surface area contributed by atoms with Gasteiger partial charge in [0.05, 0.1) is 0 Å². The molecule has 1 unspecified atom stereocenters. The van der Waals surface area contributed by atoms with Gasteiger partial charge in [0.15, 0.2) is 8.07 Å². The standard InChI is InChI=1S/C36H38Si/c1-25-15-26(2)19-33(18-25)37(34-20-27(3)16-28(4)21-34,35-22-29(5)17-30(6)23-35)36-14-10-13-32(36)24-31-11-8-7-9-12-31/h7-23,36H,24H2,1-6H3. The molecule has 0 nitrogen and oxygen atoms in total. The molecule has 1 aliphatic rings. The van der Waals surface area contributed by atoms with Gasteiger partial charge in [-0.1, -0.05) is 142 Å². The molecule has 186 valence electrons. The molecule has 0 bridgehead atoms. The van der Waals surface area contributed by atoms with Crippen LogP contribution in [0.3, 0.4) is 0 Å². The van der Waals surface area contributed by atoms with E-state index in [4.69, 9.17) is 0 Å². The summed E-state index contributed by atoms with van der Waals surface area (Å²) in [6, 6.07) is 32.8. The normalized spacial score (nSPS) is 15.2. The van der Waals surface area contributed by atoms with Crippen molar-refractivity contribution in [2.75, 3.05) is 0 Å². The molecule has 0 radical (unpaired) electrons. The van der Waals surface area contributed by atoms with Gasteiger partial charge in [-0.2, -0.15) is 0 Å². The molecule has 0 fully saturated rings. The van der Waals surface area contributed by atoms with Crippen LogP contribution in [0.2, 0.25) is 5.54 Å². The molecule has 4 aromatic rings. The lowest BCUT2D eigenvalue weighted by molar-refractivity contribution is 1.06. The van der Waals surface area contributed by atoms with Crippen molar-refractivity contribution >= 4 is 23.6 Å².